The Morgan fingerprint density at radius 3 is 0.935 bits per heavy atom. The van der Waals surface area contributed by atoms with E-state index in [1.807, 2.05) is 72.8 Å². The molecule has 138 heavy (non-hydrogen) atoms. The molecule has 1 aliphatic rings. The Morgan fingerprint density at radius 1 is 0.196 bits per heavy atom. The SMILES string of the molecule is CC1(C)c2ccccc2-c2ccc(-c3ccc(-c4ccc5c(c4)c4c6ccccc6ccc4n5-c4nc(C#N)c5ccccc5n4)cc3)cc21.N#Cc1nc(-n2c3ccc(-c4ccc(-c5cccc6ccccc56)cc4)cc3c3c4ccccc4ccc32)nc2ccccc12.N#Cc1nc(-n2c3ccc(-c4ccc5c(ccc6ccccc65)c4)cc3c3c4ccccc4ccc32)nc2ccccc12. The van der Waals surface area contributed by atoms with Crippen molar-refractivity contribution in [2.45, 2.75) is 19.3 Å². The first-order valence-electron chi connectivity index (χ1n) is 46.3. The highest BCUT2D eigenvalue weighted by atomic mass is 15.2. The van der Waals surface area contributed by atoms with E-state index in [0.717, 1.165) is 126 Å². The van der Waals surface area contributed by atoms with Crippen LogP contribution in [0.5, 0.6) is 0 Å². The van der Waals surface area contributed by atoms with Gasteiger partial charge in [-0.1, -0.05) is 335 Å². The minimum absolute atomic E-state index is 0.0330. The van der Waals surface area contributed by atoms with Gasteiger partial charge in [-0.25, -0.2) is 29.9 Å². The van der Waals surface area contributed by atoms with Gasteiger partial charge in [-0.05, 0) is 246 Å². The van der Waals surface area contributed by atoms with Crippen molar-refractivity contribution in [1.82, 2.24) is 43.6 Å². The third kappa shape index (κ3) is 12.9. The van der Waals surface area contributed by atoms with Gasteiger partial charge in [0.15, 0.2) is 17.1 Å². The average Bonchev–Trinajstić information content (AvgIpc) is 1.57. The van der Waals surface area contributed by atoms with E-state index in [9.17, 15) is 15.8 Å². The van der Waals surface area contributed by atoms with Crippen molar-refractivity contribution in [2.24, 2.45) is 0 Å². The van der Waals surface area contributed by atoms with E-state index in [1.165, 1.54) is 115 Å². The average molecular weight is 1760 g/mol. The fourth-order valence-corrected chi connectivity index (χ4v) is 21.6. The number of hydrogen-bond acceptors (Lipinski definition) is 9. The number of nitrogens with zero attached hydrogens (tertiary/aromatic N) is 12. The lowest BCUT2D eigenvalue weighted by atomic mass is 9.81. The molecule has 1 aliphatic carbocycles. The summed E-state index contributed by atoms with van der Waals surface area (Å²) in [6, 6.07) is 156. The third-order valence-corrected chi connectivity index (χ3v) is 28.2. The lowest BCUT2D eigenvalue weighted by Crippen LogP contribution is -2.14. The fourth-order valence-electron chi connectivity index (χ4n) is 21.6. The van der Waals surface area contributed by atoms with Crippen molar-refractivity contribution in [1.29, 1.82) is 15.8 Å². The lowest BCUT2D eigenvalue weighted by Gasteiger charge is -2.22. The van der Waals surface area contributed by atoms with E-state index in [1.54, 1.807) is 0 Å². The predicted molar refractivity (Wildman–Crippen MR) is 566 cm³/mol. The lowest BCUT2D eigenvalue weighted by molar-refractivity contribution is 0.660. The van der Waals surface area contributed by atoms with Crippen molar-refractivity contribution < 1.29 is 0 Å². The highest BCUT2D eigenvalue weighted by Crippen LogP contribution is 2.51. The van der Waals surface area contributed by atoms with Crippen molar-refractivity contribution >= 4 is 163 Å². The quantitative estimate of drug-likeness (QED) is 0.135. The van der Waals surface area contributed by atoms with E-state index >= 15 is 0 Å². The molecule has 0 atom stereocenters. The Balaban J connectivity index is 0.000000107. The summed E-state index contributed by atoms with van der Waals surface area (Å²) in [5, 5.41) is 53.6. The van der Waals surface area contributed by atoms with Crippen LogP contribution in [0, 0.1) is 34.0 Å². The van der Waals surface area contributed by atoms with Crippen LogP contribution in [0.4, 0.5) is 0 Å². The normalized spacial score (nSPS) is 12.2. The van der Waals surface area contributed by atoms with Gasteiger partial charge in [-0.3, -0.25) is 13.7 Å². The molecule has 0 saturated carbocycles. The molecule has 0 radical (unpaired) electrons. The molecule has 0 bridgehead atoms. The predicted octanol–water partition coefficient (Wildman–Crippen LogP) is 31.4. The zero-order valence-electron chi connectivity index (χ0n) is 74.8. The molecule has 640 valence electrons. The smallest absolute Gasteiger partial charge is 0.236 e. The van der Waals surface area contributed by atoms with Gasteiger partial charge in [0.2, 0.25) is 17.8 Å². The molecule has 0 fully saturated rings. The van der Waals surface area contributed by atoms with Gasteiger partial charge in [0.1, 0.15) is 18.2 Å². The van der Waals surface area contributed by atoms with E-state index in [0.29, 0.717) is 34.9 Å². The Hall–Kier alpha value is -18.9. The molecule has 27 aromatic rings. The molecule has 21 aromatic carbocycles. The van der Waals surface area contributed by atoms with Crippen LogP contribution < -0.4 is 0 Å². The maximum absolute atomic E-state index is 10.0. The number of aromatic nitrogens is 9. The molecule has 6 aromatic heterocycles. The maximum Gasteiger partial charge on any atom is 0.236 e. The minimum atomic E-state index is -0.0330. The monoisotopic (exact) mass is 1760 g/mol. The van der Waals surface area contributed by atoms with Gasteiger partial charge < -0.3 is 0 Å². The van der Waals surface area contributed by atoms with Gasteiger partial charge in [0, 0.05) is 53.9 Å². The van der Waals surface area contributed by atoms with Crippen LogP contribution in [0.2, 0.25) is 0 Å². The van der Waals surface area contributed by atoms with Gasteiger partial charge in [0.25, 0.3) is 0 Å². The Morgan fingerprint density at radius 2 is 0.486 bits per heavy atom. The number of fused-ring (bicyclic) bond motifs is 25. The van der Waals surface area contributed by atoms with Crippen LogP contribution in [0.1, 0.15) is 42.1 Å². The molecular formula is C126H76N12. The van der Waals surface area contributed by atoms with Crippen LogP contribution in [0.25, 0.3) is 247 Å². The Bertz CT molecular complexity index is 10000. The second kappa shape index (κ2) is 31.9. The second-order valence-corrected chi connectivity index (χ2v) is 36.1. The maximum atomic E-state index is 10.0. The molecular weight excluding hydrogens is 1680 g/mol. The molecule has 0 unspecified atom stereocenters. The summed E-state index contributed by atoms with van der Waals surface area (Å²) < 4.78 is 6.30. The number of hydrogen-bond donors (Lipinski definition) is 0. The number of rotatable bonds is 8. The largest absolute Gasteiger partial charge is 0.278 e. The summed E-state index contributed by atoms with van der Waals surface area (Å²) in [5.41, 5.74) is 26.5. The van der Waals surface area contributed by atoms with Crippen LogP contribution >= 0.6 is 0 Å². The molecule has 0 saturated heterocycles. The van der Waals surface area contributed by atoms with Crippen molar-refractivity contribution in [3.63, 3.8) is 0 Å². The molecule has 0 N–H and O–H groups in total. The number of para-hydroxylation sites is 3. The van der Waals surface area contributed by atoms with E-state index in [-0.39, 0.29) is 5.41 Å². The Labute approximate surface area is 791 Å². The second-order valence-electron chi connectivity index (χ2n) is 36.1. The first-order chi connectivity index (χ1) is 68.0. The molecule has 0 aliphatic heterocycles. The van der Waals surface area contributed by atoms with Crippen LogP contribution in [-0.2, 0) is 5.41 Å². The van der Waals surface area contributed by atoms with E-state index < -0.39 is 0 Å². The zero-order valence-corrected chi connectivity index (χ0v) is 74.8. The van der Waals surface area contributed by atoms with Crippen molar-refractivity contribution in [2.75, 3.05) is 0 Å². The summed E-state index contributed by atoms with van der Waals surface area (Å²) in [6.07, 6.45) is 0. The third-order valence-electron chi connectivity index (χ3n) is 28.2. The molecule has 28 rings (SSSR count). The topological polar surface area (TPSA) is 164 Å². The number of benzene rings is 21. The van der Waals surface area contributed by atoms with Crippen LogP contribution in [-0.4, -0.2) is 43.6 Å². The molecule has 6 heterocycles. The van der Waals surface area contributed by atoms with Gasteiger partial charge in [-0.2, -0.15) is 15.8 Å². The summed E-state index contributed by atoms with van der Waals surface area (Å²) >= 11 is 0. The van der Waals surface area contributed by atoms with Gasteiger partial charge >= 0.3 is 0 Å². The fraction of sp³-hybridized carbons (Fsp3) is 0.0238. The van der Waals surface area contributed by atoms with Crippen molar-refractivity contribution in [3.8, 4) is 103 Å². The first-order valence-corrected chi connectivity index (χ1v) is 46.3. The summed E-state index contributed by atoms with van der Waals surface area (Å²) in [4.78, 5) is 29.2. The summed E-state index contributed by atoms with van der Waals surface area (Å²) in [6.45, 7) is 4.66. The summed E-state index contributed by atoms with van der Waals surface area (Å²) in [7, 11) is 0. The highest BCUT2D eigenvalue weighted by Gasteiger charge is 2.36. The molecule has 12 nitrogen and oxygen atoms in total. The zero-order chi connectivity index (χ0) is 92.0. The number of nitriles is 3. The van der Waals surface area contributed by atoms with Crippen LogP contribution in [0.15, 0.2) is 425 Å². The molecule has 12 heteroatoms. The van der Waals surface area contributed by atoms with Gasteiger partial charge in [0.05, 0.1) is 49.7 Å². The minimum Gasteiger partial charge on any atom is -0.278 e. The van der Waals surface area contributed by atoms with Gasteiger partial charge in [-0.15, -0.1) is 0 Å². The van der Waals surface area contributed by atoms with Crippen molar-refractivity contribution in [3.05, 3.63) is 453 Å². The standard InChI is InChI=1S/C46H30N4.C41H24N4.C39H22N4/c1-46(2)38-13-7-5-11-34(38)35-22-19-32(26-39(35)46)29-17-15-28(16-18-29)31-21-23-42-37(25-31)44-33-10-4-3-9-30(33)20-24-43(44)50(42)45-48-40-14-8-6-12-36(40)41(27-47)49-45;42-25-37-34-13-5-6-15-36(34)43-41(44-37)45-38-22-21-30(24-35(38)40-33-12-4-2-9-28(33)20-23-39(40)45)26-16-18-29(19-17-26)32-14-7-10-27-8-1-3-11-31(27)32;40-23-35-32-11-5-6-12-34(32)41-39(42-35)43-36-19-17-27(22-33(36)38-31-10-4-2-8-25(31)16-20-37(38)43)26-15-18-30-28(21-26)14-13-24-7-1-3-9-29(24)30/h3-26H,1-2H3;1-24H;1-22H. The first kappa shape index (κ1) is 80.0. The summed E-state index contributed by atoms with van der Waals surface area (Å²) in [5.74, 6) is 1.48. The Kier molecular flexibility index (Phi) is 18.5. The highest BCUT2D eigenvalue weighted by molar-refractivity contribution is 6.25. The van der Waals surface area contributed by atoms with E-state index in [2.05, 4.69) is 398 Å². The molecule has 0 spiro atoms. The molecule has 0 amide bonds. The van der Waals surface area contributed by atoms with Crippen LogP contribution in [0.3, 0.4) is 0 Å². The van der Waals surface area contributed by atoms with E-state index in [4.69, 9.17) is 29.9 Å².